The van der Waals surface area contributed by atoms with Crippen molar-refractivity contribution in [3.63, 3.8) is 0 Å². The second-order valence-corrected chi connectivity index (χ2v) is 5.33. The molecule has 0 saturated carbocycles. The third-order valence-corrected chi connectivity index (χ3v) is 3.63. The Balaban J connectivity index is 1.72. The zero-order valence-corrected chi connectivity index (χ0v) is 13.7. The van der Waals surface area contributed by atoms with E-state index in [1.807, 2.05) is 61.6 Å². The van der Waals surface area contributed by atoms with Crippen LogP contribution in [0.2, 0.25) is 0 Å². The van der Waals surface area contributed by atoms with Crippen LogP contribution < -0.4 is 9.47 Å². The number of ether oxygens (including phenoxy) is 2. The number of para-hydroxylation sites is 1. The lowest BCUT2D eigenvalue weighted by Gasteiger charge is -2.17. The largest absolute Gasteiger partial charge is 0.497 e. The molecule has 4 nitrogen and oxygen atoms in total. The molecule has 0 radical (unpaired) electrons. The van der Waals surface area contributed by atoms with Crippen LogP contribution in [0, 0.1) is 0 Å². The van der Waals surface area contributed by atoms with Gasteiger partial charge in [0.25, 0.3) is 0 Å². The maximum absolute atomic E-state index is 12.2. The molecular formula is C19H23NO3. The predicted molar refractivity (Wildman–Crippen MR) is 90.9 cm³/mol. The number of methoxy groups -OCH3 is 1. The van der Waals surface area contributed by atoms with E-state index in [2.05, 4.69) is 0 Å². The summed E-state index contributed by atoms with van der Waals surface area (Å²) in [5, 5.41) is 0. The third-order valence-electron chi connectivity index (χ3n) is 3.63. The van der Waals surface area contributed by atoms with Gasteiger partial charge >= 0.3 is 0 Å². The lowest BCUT2D eigenvalue weighted by atomic mass is 10.1. The maximum atomic E-state index is 12.2. The van der Waals surface area contributed by atoms with Crippen LogP contribution in [-0.4, -0.2) is 38.1 Å². The molecule has 23 heavy (non-hydrogen) atoms. The van der Waals surface area contributed by atoms with E-state index in [1.54, 1.807) is 12.0 Å². The molecule has 0 aliphatic carbocycles. The number of nitrogens with zero attached hydrogens (tertiary/aromatic N) is 1. The van der Waals surface area contributed by atoms with E-state index < -0.39 is 0 Å². The summed E-state index contributed by atoms with van der Waals surface area (Å²) in [6, 6.07) is 17.4. The Kier molecular flexibility index (Phi) is 6.48. The Morgan fingerprint density at radius 1 is 1.04 bits per heavy atom. The summed E-state index contributed by atoms with van der Waals surface area (Å²) in [5.41, 5.74) is 1.10. The van der Waals surface area contributed by atoms with Crippen molar-refractivity contribution in [1.29, 1.82) is 0 Å². The van der Waals surface area contributed by atoms with Gasteiger partial charge in [0.15, 0.2) is 0 Å². The van der Waals surface area contributed by atoms with Gasteiger partial charge in [0.05, 0.1) is 13.7 Å². The van der Waals surface area contributed by atoms with Gasteiger partial charge in [-0.05, 0) is 36.2 Å². The summed E-state index contributed by atoms with van der Waals surface area (Å²) in [7, 11) is 3.45. The van der Waals surface area contributed by atoms with E-state index >= 15 is 0 Å². The molecule has 2 aromatic carbocycles. The Labute approximate surface area is 137 Å². The van der Waals surface area contributed by atoms with E-state index in [9.17, 15) is 4.79 Å². The summed E-state index contributed by atoms with van der Waals surface area (Å²) in [4.78, 5) is 13.9. The second kappa shape index (κ2) is 8.83. The van der Waals surface area contributed by atoms with E-state index in [-0.39, 0.29) is 5.91 Å². The Hall–Kier alpha value is -2.49. The van der Waals surface area contributed by atoms with E-state index in [0.29, 0.717) is 26.0 Å². The number of carbonyl (C=O) groups excluding carboxylic acids is 1. The van der Waals surface area contributed by atoms with Crippen molar-refractivity contribution in [2.45, 2.75) is 12.8 Å². The fraction of sp³-hybridized carbons (Fsp3) is 0.316. The Bertz CT molecular complexity index is 613. The number of aryl methyl sites for hydroxylation is 1. The number of benzene rings is 2. The highest BCUT2D eigenvalue weighted by Crippen LogP contribution is 2.14. The van der Waals surface area contributed by atoms with Crippen molar-refractivity contribution in [3.8, 4) is 11.5 Å². The van der Waals surface area contributed by atoms with Crippen LogP contribution in [0.4, 0.5) is 0 Å². The van der Waals surface area contributed by atoms with Gasteiger partial charge in [-0.1, -0.05) is 30.3 Å². The van der Waals surface area contributed by atoms with Crippen LogP contribution in [0.1, 0.15) is 12.0 Å². The van der Waals surface area contributed by atoms with Crippen LogP contribution in [0.15, 0.2) is 54.6 Å². The standard InChI is InChI=1S/C19H23NO3/c1-20(13-14-23-17-8-4-3-5-9-17)19(21)12-11-16-7-6-10-18(15-16)22-2/h3-10,15H,11-14H2,1-2H3. The molecule has 0 atom stereocenters. The normalized spacial score (nSPS) is 10.2. The zero-order chi connectivity index (χ0) is 16.5. The van der Waals surface area contributed by atoms with Crippen molar-refractivity contribution in [2.24, 2.45) is 0 Å². The minimum atomic E-state index is 0.115. The number of hydrogen-bond donors (Lipinski definition) is 0. The average molecular weight is 313 g/mol. The number of amides is 1. The first-order valence-corrected chi connectivity index (χ1v) is 7.74. The van der Waals surface area contributed by atoms with Gasteiger partial charge in [-0.3, -0.25) is 4.79 Å². The van der Waals surface area contributed by atoms with Gasteiger partial charge in [-0.2, -0.15) is 0 Å². The van der Waals surface area contributed by atoms with Crippen LogP contribution in [-0.2, 0) is 11.2 Å². The molecule has 0 saturated heterocycles. The van der Waals surface area contributed by atoms with Crippen LogP contribution in [0.25, 0.3) is 0 Å². The summed E-state index contributed by atoms with van der Waals surface area (Å²) < 4.78 is 10.8. The zero-order valence-electron chi connectivity index (χ0n) is 13.7. The summed E-state index contributed by atoms with van der Waals surface area (Å²) >= 11 is 0. The van der Waals surface area contributed by atoms with Crippen molar-refractivity contribution in [3.05, 3.63) is 60.2 Å². The smallest absolute Gasteiger partial charge is 0.222 e. The number of rotatable bonds is 8. The lowest BCUT2D eigenvalue weighted by Crippen LogP contribution is -2.31. The fourth-order valence-electron chi connectivity index (χ4n) is 2.21. The maximum Gasteiger partial charge on any atom is 0.222 e. The highest BCUT2D eigenvalue weighted by atomic mass is 16.5. The molecule has 2 rings (SSSR count). The van der Waals surface area contributed by atoms with Gasteiger partial charge in [-0.15, -0.1) is 0 Å². The molecule has 0 bridgehead atoms. The minimum absolute atomic E-state index is 0.115. The fourth-order valence-corrected chi connectivity index (χ4v) is 2.21. The van der Waals surface area contributed by atoms with Crippen molar-refractivity contribution < 1.29 is 14.3 Å². The molecule has 0 aromatic heterocycles. The molecular weight excluding hydrogens is 290 g/mol. The van der Waals surface area contributed by atoms with Gasteiger partial charge in [0, 0.05) is 13.5 Å². The minimum Gasteiger partial charge on any atom is -0.497 e. The predicted octanol–water partition coefficient (Wildman–Crippen LogP) is 3.17. The number of hydrogen-bond acceptors (Lipinski definition) is 3. The van der Waals surface area contributed by atoms with Gasteiger partial charge in [0.1, 0.15) is 18.1 Å². The number of carbonyl (C=O) groups is 1. The number of likely N-dealkylation sites (N-methyl/N-ethyl adjacent to an activating group) is 1. The monoisotopic (exact) mass is 313 g/mol. The molecule has 0 unspecified atom stereocenters. The molecule has 4 heteroatoms. The van der Waals surface area contributed by atoms with Crippen LogP contribution in [0.5, 0.6) is 11.5 Å². The third kappa shape index (κ3) is 5.66. The van der Waals surface area contributed by atoms with E-state index in [1.165, 1.54) is 0 Å². The van der Waals surface area contributed by atoms with E-state index in [0.717, 1.165) is 17.1 Å². The van der Waals surface area contributed by atoms with Gasteiger partial charge in [0.2, 0.25) is 5.91 Å². The van der Waals surface area contributed by atoms with Crippen LogP contribution >= 0.6 is 0 Å². The first-order valence-electron chi connectivity index (χ1n) is 7.74. The Morgan fingerprint density at radius 2 is 1.78 bits per heavy atom. The SMILES string of the molecule is COc1cccc(CCC(=O)N(C)CCOc2ccccc2)c1. The quantitative estimate of drug-likeness (QED) is 0.751. The van der Waals surface area contributed by atoms with E-state index in [4.69, 9.17) is 9.47 Å². The molecule has 0 heterocycles. The van der Waals surface area contributed by atoms with Crippen molar-refractivity contribution in [1.82, 2.24) is 4.90 Å². The molecule has 0 spiro atoms. The molecule has 0 N–H and O–H groups in total. The first kappa shape index (κ1) is 16.9. The molecule has 0 fully saturated rings. The highest BCUT2D eigenvalue weighted by Gasteiger charge is 2.09. The molecule has 2 aromatic rings. The average Bonchev–Trinajstić information content (AvgIpc) is 2.60. The molecule has 0 aliphatic heterocycles. The highest BCUT2D eigenvalue weighted by molar-refractivity contribution is 5.76. The molecule has 122 valence electrons. The first-order chi connectivity index (χ1) is 11.2. The molecule has 0 aliphatic rings. The Morgan fingerprint density at radius 3 is 2.52 bits per heavy atom. The second-order valence-electron chi connectivity index (χ2n) is 5.33. The lowest BCUT2D eigenvalue weighted by molar-refractivity contribution is -0.130. The van der Waals surface area contributed by atoms with Crippen LogP contribution in [0.3, 0.4) is 0 Å². The molecule has 1 amide bonds. The van der Waals surface area contributed by atoms with Crippen molar-refractivity contribution >= 4 is 5.91 Å². The van der Waals surface area contributed by atoms with Gasteiger partial charge in [-0.25, -0.2) is 0 Å². The topological polar surface area (TPSA) is 38.8 Å². The summed E-state index contributed by atoms with van der Waals surface area (Å²) in [5.74, 6) is 1.76. The van der Waals surface area contributed by atoms with Crippen molar-refractivity contribution in [2.75, 3.05) is 27.3 Å². The summed E-state index contributed by atoms with van der Waals surface area (Å²) in [6.45, 7) is 1.07. The van der Waals surface area contributed by atoms with Gasteiger partial charge < -0.3 is 14.4 Å². The summed E-state index contributed by atoms with van der Waals surface area (Å²) in [6.07, 6.45) is 1.19.